The monoisotopic (exact) mass is 413 g/mol. The Morgan fingerprint density at radius 3 is 2.55 bits per heavy atom. The molecule has 0 bridgehead atoms. The molecule has 156 valence electrons. The summed E-state index contributed by atoms with van der Waals surface area (Å²) in [6.07, 6.45) is 7.61. The van der Waals surface area contributed by atoms with Crippen molar-refractivity contribution in [3.63, 3.8) is 0 Å². The van der Waals surface area contributed by atoms with Gasteiger partial charge in [0.05, 0.1) is 6.61 Å². The van der Waals surface area contributed by atoms with E-state index in [0.717, 1.165) is 31.6 Å². The van der Waals surface area contributed by atoms with Gasteiger partial charge in [-0.1, -0.05) is 12.1 Å². The Hall–Kier alpha value is -2.27. The Balaban J connectivity index is 1.91. The topological polar surface area (TPSA) is 33.4 Å². The minimum absolute atomic E-state index is 0.161. The van der Waals surface area contributed by atoms with Crippen molar-refractivity contribution in [2.75, 3.05) is 31.4 Å². The largest absolute Gasteiger partial charge is 0.458 e. The Morgan fingerprint density at radius 1 is 1.10 bits per heavy atom. The van der Waals surface area contributed by atoms with Gasteiger partial charge in [-0.3, -0.25) is 0 Å². The van der Waals surface area contributed by atoms with E-state index in [1.54, 1.807) is 0 Å². The third kappa shape index (κ3) is 7.94. The van der Waals surface area contributed by atoms with E-state index in [-0.39, 0.29) is 5.30 Å². The van der Waals surface area contributed by atoms with Crippen molar-refractivity contribution in [2.45, 2.75) is 39.7 Å². The van der Waals surface area contributed by atoms with Gasteiger partial charge in [-0.15, -0.1) is 0 Å². The summed E-state index contributed by atoms with van der Waals surface area (Å²) in [5, 5.41) is -0.161. The number of allylic oxidation sites excluding steroid dienone is 1. The van der Waals surface area contributed by atoms with E-state index >= 15 is 0 Å². The van der Waals surface area contributed by atoms with Crippen molar-refractivity contribution in [1.29, 1.82) is 0 Å². The molecular weight excluding hydrogens is 380 g/mol. The zero-order chi connectivity index (χ0) is 21.1. The molecule has 2 aromatic rings. The average molecular weight is 414 g/mol. The van der Waals surface area contributed by atoms with E-state index in [1.807, 2.05) is 6.92 Å². The third-order valence-corrected chi connectivity index (χ3v) is 5.51. The van der Waals surface area contributed by atoms with Crippen LogP contribution in [0.4, 0.5) is 10.5 Å². The number of benzene rings is 1. The van der Waals surface area contributed by atoms with Crippen molar-refractivity contribution in [3.8, 4) is 0 Å². The minimum Gasteiger partial charge on any atom is -0.458 e. The number of carbonyl (C=O) groups excluding carboxylic acids is 1. The Morgan fingerprint density at radius 2 is 1.86 bits per heavy atom. The summed E-state index contributed by atoms with van der Waals surface area (Å²) in [4.78, 5) is 13.5. The van der Waals surface area contributed by atoms with Gasteiger partial charge < -0.3 is 9.64 Å². The molecule has 29 heavy (non-hydrogen) atoms. The van der Waals surface area contributed by atoms with E-state index in [0.29, 0.717) is 6.61 Å². The molecule has 0 spiro atoms. The highest BCUT2D eigenvalue weighted by atomic mass is 32.2. The minimum atomic E-state index is -0.161. The lowest BCUT2D eigenvalue weighted by Crippen LogP contribution is -2.37. The molecule has 1 aromatic heterocycles. The van der Waals surface area contributed by atoms with E-state index in [9.17, 15) is 4.79 Å². The van der Waals surface area contributed by atoms with Crippen LogP contribution < -0.4 is 9.47 Å². The first kappa shape index (κ1) is 23.0. The molecule has 0 aliphatic carbocycles. The fraction of sp³-hybridized carbons (Fsp3) is 0.417. The first-order valence-electron chi connectivity index (χ1n) is 10.3. The lowest BCUT2D eigenvalue weighted by molar-refractivity contribution is -0.699. The number of hydrogen-bond donors (Lipinski definition) is 0. The van der Waals surface area contributed by atoms with Crippen LogP contribution in [0, 0.1) is 0 Å². The zero-order valence-corrected chi connectivity index (χ0v) is 18.9. The number of anilines is 1. The number of thioether (sulfide) groups is 1. The SMILES string of the molecule is CCOC(=O)SCCCCC[n+]1ccccc1/C(C)=C/c1ccc(N(C)C)cc1. The number of pyridine rings is 1. The van der Waals surface area contributed by atoms with Crippen LogP contribution in [0.3, 0.4) is 0 Å². The van der Waals surface area contributed by atoms with Crippen LogP contribution in [-0.2, 0) is 11.3 Å². The van der Waals surface area contributed by atoms with Crippen LogP contribution in [0.2, 0.25) is 0 Å². The average Bonchev–Trinajstić information content (AvgIpc) is 2.71. The standard InChI is InChI=1S/C24H33N2O2S/c1-5-28-24(27)29-18-10-6-8-16-26-17-9-7-11-23(26)20(2)19-21-12-14-22(15-13-21)25(3)4/h7,9,11-15,17,19H,5-6,8,10,16,18H2,1-4H3/q+1. The number of rotatable bonds is 10. The van der Waals surface area contributed by atoms with Crippen molar-refractivity contribution in [2.24, 2.45) is 0 Å². The number of ether oxygens (including phenoxy) is 1. The molecule has 0 atom stereocenters. The van der Waals surface area contributed by atoms with E-state index < -0.39 is 0 Å². The predicted molar refractivity (Wildman–Crippen MR) is 124 cm³/mol. The first-order chi connectivity index (χ1) is 14.0. The molecule has 4 nitrogen and oxygen atoms in total. The van der Waals surface area contributed by atoms with Gasteiger partial charge in [0.15, 0.2) is 6.20 Å². The Kier molecular flexibility index (Phi) is 9.78. The van der Waals surface area contributed by atoms with Gasteiger partial charge in [0.2, 0.25) is 5.69 Å². The number of aryl methyl sites for hydroxylation is 1. The summed E-state index contributed by atoms with van der Waals surface area (Å²) in [6.45, 7) is 5.43. The molecule has 2 rings (SSSR count). The summed E-state index contributed by atoms with van der Waals surface area (Å²) in [5.74, 6) is 0.826. The van der Waals surface area contributed by atoms with Crippen molar-refractivity contribution in [3.05, 3.63) is 59.9 Å². The second-order valence-corrected chi connectivity index (χ2v) is 8.21. The smallest absolute Gasteiger partial charge is 0.367 e. The number of aromatic nitrogens is 1. The van der Waals surface area contributed by atoms with Gasteiger partial charge in [-0.25, -0.2) is 4.79 Å². The summed E-state index contributed by atoms with van der Waals surface area (Å²) in [5.41, 5.74) is 4.90. The molecule has 1 aromatic carbocycles. The lowest BCUT2D eigenvalue weighted by Gasteiger charge is -2.12. The second-order valence-electron chi connectivity index (χ2n) is 7.18. The maximum Gasteiger partial charge on any atom is 0.367 e. The van der Waals surface area contributed by atoms with Crippen molar-refractivity contribution < 1.29 is 14.1 Å². The lowest BCUT2D eigenvalue weighted by atomic mass is 10.1. The molecule has 0 saturated carbocycles. The van der Waals surface area contributed by atoms with E-state index in [4.69, 9.17) is 4.74 Å². The molecule has 0 N–H and O–H groups in total. The van der Waals surface area contributed by atoms with Crippen LogP contribution in [0.25, 0.3) is 11.6 Å². The maximum absolute atomic E-state index is 11.3. The number of unbranched alkanes of at least 4 members (excludes halogenated alkanes) is 2. The number of carbonyl (C=O) groups is 1. The summed E-state index contributed by atoms with van der Waals surface area (Å²) in [7, 11) is 4.11. The highest BCUT2D eigenvalue weighted by molar-refractivity contribution is 8.13. The van der Waals surface area contributed by atoms with Crippen LogP contribution >= 0.6 is 11.8 Å². The van der Waals surface area contributed by atoms with E-state index in [2.05, 4.69) is 85.2 Å². The first-order valence-corrected chi connectivity index (χ1v) is 11.2. The summed E-state index contributed by atoms with van der Waals surface area (Å²) < 4.78 is 7.26. The number of hydrogen-bond acceptors (Lipinski definition) is 4. The molecule has 0 unspecified atom stereocenters. The molecule has 0 fully saturated rings. The second kappa shape index (κ2) is 12.3. The summed E-state index contributed by atoms with van der Waals surface area (Å²) >= 11 is 1.28. The summed E-state index contributed by atoms with van der Waals surface area (Å²) in [6, 6.07) is 15.0. The molecule has 0 radical (unpaired) electrons. The highest BCUT2D eigenvalue weighted by Crippen LogP contribution is 2.18. The molecule has 0 aliphatic rings. The van der Waals surface area contributed by atoms with Gasteiger partial charge in [-0.05, 0) is 68.3 Å². The molecule has 0 saturated heterocycles. The van der Waals surface area contributed by atoms with Crippen LogP contribution in [-0.4, -0.2) is 31.8 Å². The highest BCUT2D eigenvalue weighted by Gasteiger charge is 2.11. The zero-order valence-electron chi connectivity index (χ0n) is 18.1. The predicted octanol–water partition coefficient (Wildman–Crippen LogP) is 5.66. The van der Waals surface area contributed by atoms with Gasteiger partial charge in [0.25, 0.3) is 0 Å². The van der Waals surface area contributed by atoms with Crippen LogP contribution in [0.1, 0.15) is 44.4 Å². The fourth-order valence-corrected chi connectivity index (χ4v) is 3.81. The molecule has 5 heteroatoms. The Labute approximate surface area is 179 Å². The van der Waals surface area contributed by atoms with Crippen molar-refractivity contribution >= 4 is 34.4 Å². The van der Waals surface area contributed by atoms with Crippen molar-refractivity contribution in [1.82, 2.24) is 0 Å². The van der Waals surface area contributed by atoms with Crippen LogP contribution in [0.15, 0.2) is 48.7 Å². The molecule has 1 heterocycles. The molecule has 0 aliphatic heterocycles. The fourth-order valence-electron chi connectivity index (χ4n) is 3.10. The third-order valence-electron chi connectivity index (χ3n) is 4.66. The van der Waals surface area contributed by atoms with Gasteiger partial charge in [0, 0.05) is 49.7 Å². The maximum atomic E-state index is 11.3. The molecule has 0 amide bonds. The quantitative estimate of drug-likeness (QED) is 0.286. The Bertz CT molecular complexity index is 801. The van der Waals surface area contributed by atoms with E-state index in [1.165, 1.54) is 34.3 Å². The van der Waals surface area contributed by atoms with Crippen LogP contribution in [0.5, 0.6) is 0 Å². The van der Waals surface area contributed by atoms with Gasteiger partial charge in [0.1, 0.15) is 6.54 Å². The normalized spacial score (nSPS) is 11.4. The van der Waals surface area contributed by atoms with Gasteiger partial charge >= 0.3 is 5.30 Å². The molecular formula is C24H33N2O2S+. The van der Waals surface area contributed by atoms with Gasteiger partial charge in [-0.2, -0.15) is 4.57 Å². The number of nitrogens with zero attached hydrogens (tertiary/aromatic N) is 2.